The van der Waals surface area contributed by atoms with Crippen molar-refractivity contribution in [1.82, 2.24) is 10.9 Å². The Morgan fingerprint density at radius 2 is 1.76 bits per heavy atom. The molecule has 0 aliphatic carbocycles. The zero-order valence-corrected chi connectivity index (χ0v) is 14.5. The van der Waals surface area contributed by atoms with Gasteiger partial charge in [-0.25, -0.2) is 0 Å². The lowest BCUT2D eigenvalue weighted by Gasteiger charge is -2.18. The summed E-state index contributed by atoms with van der Waals surface area (Å²) in [6.07, 6.45) is 2.10. The maximum Gasteiger partial charge on any atom is 0.0489 e. The third-order valence-electron chi connectivity index (χ3n) is 2.93. The summed E-state index contributed by atoms with van der Waals surface area (Å²) < 4.78 is 5.55. The van der Waals surface area contributed by atoms with Gasteiger partial charge >= 0.3 is 0 Å². The van der Waals surface area contributed by atoms with E-state index < -0.39 is 0 Å². The minimum Gasteiger partial charge on any atom is -0.381 e. The van der Waals surface area contributed by atoms with Gasteiger partial charge in [-0.2, -0.15) is 0 Å². The van der Waals surface area contributed by atoms with Gasteiger partial charge in [0.05, 0.1) is 0 Å². The molecule has 1 atom stereocenters. The van der Waals surface area contributed by atoms with Gasteiger partial charge in [-0.05, 0) is 24.3 Å². The molecule has 0 fully saturated rings. The quantitative estimate of drug-likeness (QED) is 0.498. The lowest BCUT2D eigenvalue weighted by molar-refractivity contribution is 0.107. The number of hydrogen-bond acceptors (Lipinski definition) is 3. The average Bonchev–Trinajstić information content (AvgIpc) is 2.52. The molecule has 1 aromatic rings. The number of benzene rings is 1. The van der Waals surface area contributed by atoms with Crippen molar-refractivity contribution < 1.29 is 4.74 Å². The van der Waals surface area contributed by atoms with Gasteiger partial charge in [-0.15, -0.1) is 0 Å². The zero-order chi connectivity index (χ0) is 15.9. The predicted molar refractivity (Wildman–Crippen MR) is 92.2 cm³/mol. The van der Waals surface area contributed by atoms with Crippen molar-refractivity contribution in [1.29, 1.82) is 0 Å². The fourth-order valence-electron chi connectivity index (χ4n) is 1.88. The average molecular weight is 294 g/mol. The molecule has 0 aliphatic heterocycles. The fourth-order valence-corrected chi connectivity index (χ4v) is 1.88. The molecule has 0 bridgehead atoms. The Hall–Kier alpha value is -0.900. The zero-order valence-electron chi connectivity index (χ0n) is 14.5. The molecular formula is C18H34N2O. The van der Waals surface area contributed by atoms with Crippen LogP contribution in [0, 0.1) is 5.92 Å². The molecule has 0 saturated carbocycles. The fraction of sp³-hybridized carbons (Fsp3) is 0.667. The van der Waals surface area contributed by atoms with Gasteiger partial charge < -0.3 is 4.74 Å². The molecule has 1 rings (SSSR count). The van der Waals surface area contributed by atoms with Crippen molar-refractivity contribution in [2.75, 3.05) is 19.8 Å². The lowest BCUT2D eigenvalue weighted by Crippen LogP contribution is -2.36. The maximum atomic E-state index is 5.55. The highest BCUT2D eigenvalue weighted by molar-refractivity contribution is 5.18. The van der Waals surface area contributed by atoms with E-state index >= 15 is 0 Å². The first-order chi connectivity index (χ1) is 10.2. The monoisotopic (exact) mass is 294 g/mol. The molecule has 0 radical (unpaired) electrons. The van der Waals surface area contributed by atoms with Crippen LogP contribution in [0.1, 0.15) is 59.1 Å². The molecule has 1 unspecified atom stereocenters. The molecule has 2 N–H and O–H groups in total. The van der Waals surface area contributed by atoms with Crippen LogP contribution in [-0.2, 0) is 4.74 Å². The van der Waals surface area contributed by atoms with E-state index in [0.29, 0.717) is 12.0 Å². The first-order valence-electron chi connectivity index (χ1n) is 8.35. The van der Waals surface area contributed by atoms with Gasteiger partial charge in [0.2, 0.25) is 0 Å². The Morgan fingerprint density at radius 1 is 1.10 bits per heavy atom. The van der Waals surface area contributed by atoms with Gasteiger partial charge in [0.15, 0.2) is 0 Å². The van der Waals surface area contributed by atoms with Crippen LogP contribution in [0.25, 0.3) is 0 Å². The Labute approximate surface area is 131 Å². The molecule has 1 aromatic carbocycles. The predicted octanol–water partition coefficient (Wildman–Crippen LogP) is 4.32. The Balaban J connectivity index is 0.00000191. The second kappa shape index (κ2) is 14.1. The minimum atomic E-state index is 0.373. The largest absolute Gasteiger partial charge is 0.381 e. The normalized spacial score (nSPS) is 11.9. The van der Waals surface area contributed by atoms with E-state index in [1.54, 1.807) is 0 Å². The van der Waals surface area contributed by atoms with E-state index in [1.807, 2.05) is 13.8 Å². The molecule has 0 saturated heterocycles. The summed E-state index contributed by atoms with van der Waals surface area (Å²) in [5.74, 6) is 0.619. The highest BCUT2D eigenvalue weighted by Crippen LogP contribution is 2.14. The first-order valence-corrected chi connectivity index (χ1v) is 8.35. The summed E-state index contributed by atoms with van der Waals surface area (Å²) in [7, 11) is 0. The van der Waals surface area contributed by atoms with E-state index in [9.17, 15) is 0 Å². The molecule has 3 heteroatoms. The van der Waals surface area contributed by atoms with E-state index in [4.69, 9.17) is 4.74 Å². The third kappa shape index (κ3) is 10.5. The van der Waals surface area contributed by atoms with Gasteiger partial charge in [-0.3, -0.25) is 10.9 Å². The van der Waals surface area contributed by atoms with Crippen LogP contribution in [0.3, 0.4) is 0 Å². The number of hydrogen-bond donors (Lipinski definition) is 2. The number of hydrazine groups is 1. The molecule has 0 heterocycles. The minimum absolute atomic E-state index is 0.373. The summed E-state index contributed by atoms with van der Waals surface area (Å²) in [6, 6.07) is 10.9. The SMILES string of the molecule is CC.CCC(NNCCCOCC(C)C)c1ccccc1. The Bertz CT molecular complexity index is 314. The van der Waals surface area contributed by atoms with E-state index in [-0.39, 0.29) is 0 Å². The topological polar surface area (TPSA) is 33.3 Å². The van der Waals surface area contributed by atoms with Crippen molar-refractivity contribution >= 4 is 0 Å². The van der Waals surface area contributed by atoms with Crippen LogP contribution in [0.4, 0.5) is 0 Å². The van der Waals surface area contributed by atoms with Crippen molar-refractivity contribution in [2.45, 2.75) is 53.5 Å². The van der Waals surface area contributed by atoms with Crippen LogP contribution in [0.15, 0.2) is 30.3 Å². The Kier molecular flexibility index (Phi) is 13.5. The standard InChI is InChI=1S/C16H28N2O.C2H6/c1-4-16(15-9-6-5-7-10-15)18-17-11-8-12-19-13-14(2)3;1-2/h5-7,9-10,14,16-18H,4,8,11-13H2,1-3H3;1-2H3. The van der Waals surface area contributed by atoms with Crippen LogP contribution in [0.5, 0.6) is 0 Å². The summed E-state index contributed by atoms with van der Waals surface area (Å²) in [5.41, 5.74) is 8.00. The summed E-state index contributed by atoms with van der Waals surface area (Å²) in [4.78, 5) is 0. The Morgan fingerprint density at radius 3 is 2.33 bits per heavy atom. The van der Waals surface area contributed by atoms with Gasteiger partial charge in [-0.1, -0.05) is 65.0 Å². The summed E-state index contributed by atoms with van der Waals surface area (Å²) in [5, 5.41) is 0. The van der Waals surface area contributed by atoms with Crippen LogP contribution in [0.2, 0.25) is 0 Å². The van der Waals surface area contributed by atoms with Gasteiger partial charge in [0.1, 0.15) is 0 Å². The number of ether oxygens (including phenoxy) is 1. The van der Waals surface area contributed by atoms with Crippen molar-refractivity contribution in [3.63, 3.8) is 0 Å². The van der Waals surface area contributed by atoms with E-state index in [0.717, 1.165) is 32.6 Å². The maximum absolute atomic E-state index is 5.55. The molecule has 21 heavy (non-hydrogen) atoms. The van der Waals surface area contributed by atoms with Crippen LogP contribution in [-0.4, -0.2) is 19.8 Å². The van der Waals surface area contributed by atoms with Crippen LogP contribution < -0.4 is 10.9 Å². The van der Waals surface area contributed by atoms with E-state index in [1.165, 1.54) is 5.56 Å². The number of rotatable bonds is 10. The molecule has 0 aromatic heterocycles. The summed E-state index contributed by atoms with van der Waals surface area (Å²) >= 11 is 0. The summed E-state index contributed by atoms with van der Waals surface area (Å²) in [6.45, 7) is 13.2. The van der Waals surface area contributed by atoms with Crippen LogP contribution >= 0.6 is 0 Å². The molecule has 122 valence electrons. The molecule has 0 amide bonds. The third-order valence-corrected chi connectivity index (χ3v) is 2.93. The van der Waals surface area contributed by atoms with Gasteiger partial charge in [0.25, 0.3) is 0 Å². The smallest absolute Gasteiger partial charge is 0.0489 e. The molecule has 0 spiro atoms. The van der Waals surface area contributed by atoms with Crippen molar-refractivity contribution in [3.05, 3.63) is 35.9 Å². The molecular weight excluding hydrogens is 260 g/mol. The second-order valence-corrected chi connectivity index (χ2v) is 5.26. The van der Waals surface area contributed by atoms with E-state index in [2.05, 4.69) is 62.0 Å². The second-order valence-electron chi connectivity index (χ2n) is 5.26. The first kappa shape index (κ1) is 20.1. The van der Waals surface area contributed by atoms with Crippen molar-refractivity contribution in [3.8, 4) is 0 Å². The lowest BCUT2D eigenvalue weighted by atomic mass is 10.1. The molecule has 3 nitrogen and oxygen atoms in total. The number of nitrogens with one attached hydrogen (secondary N) is 2. The molecule has 0 aliphatic rings. The highest BCUT2D eigenvalue weighted by atomic mass is 16.5. The van der Waals surface area contributed by atoms with Crippen molar-refractivity contribution in [2.24, 2.45) is 5.92 Å². The van der Waals surface area contributed by atoms with Gasteiger partial charge in [0, 0.05) is 25.8 Å². The highest BCUT2D eigenvalue weighted by Gasteiger charge is 2.06.